The summed E-state index contributed by atoms with van der Waals surface area (Å²) in [6, 6.07) is 5.93. The van der Waals surface area contributed by atoms with Crippen molar-refractivity contribution in [3.63, 3.8) is 0 Å². The van der Waals surface area contributed by atoms with Crippen LogP contribution in [0.15, 0.2) is 23.2 Å². The molecule has 0 saturated carbocycles. The Bertz CT molecular complexity index is 869. The Balaban J connectivity index is 2.02. The van der Waals surface area contributed by atoms with Crippen molar-refractivity contribution >= 4 is 55.6 Å². The molecule has 0 unspecified atom stereocenters. The van der Waals surface area contributed by atoms with Crippen molar-refractivity contribution in [1.82, 2.24) is 0 Å². The van der Waals surface area contributed by atoms with E-state index in [0.717, 1.165) is 30.0 Å². The molecule has 148 valence electrons. The van der Waals surface area contributed by atoms with Crippen molar-refractivity contribution in [1.29, 1.82) is 0 Å². The molecule has 2 saturated heterocycles. The molecule has 27 heavy (non-hydrogen) atoms. The topological polar surface area (TPSA) is 70.0 Å². The minimum atomic E-state index is -3.08. The fourth-order valence-corrected chi connectivity index (χ4v) is 7.66. The van der Waals surface area contributed by atoms with Crippen LogP contribution in [0.3, 0.4) is 0 Å². The molecule has 0 N–H and O–H groups in total. The molecule has 0 spiro atoms. The summed E-state index contributed by atoms with van der Waals surface area (Å²) in [5.41, 5.74) is 3.04. The van der Waals surface area contributed by atoms with Gasteiger partial charge in [-0.3, -0.25) is 4.79 Å². The number of anilines is 2. The predicted octanol–water partition coefficient (Wildman–Crippen LogP) is 2.68. The minimum absolute atomic E-state index is 0.0794. The summed E-state index contributed by atoms with van der Waals surface area (Å²) in [7, 11) is -3.08. The van der Waals surface area contributed by atoms with Crippen LogP contribution in [0.5, 0.6) is 0 Å². The summed E-state index contributed by atoms with van der Waals surface area (Å²) in [5.74, 6) is -0.408. The van der Waals surface area contributed by atoms with Crippen molar-refractivity contribution < 1.29 is 13.2 Å². The maximum atomic E-state index is 12.1. The standard InChI is InChI=1S/C18H24ClN3O3S2/c1-4-21(5-2)13-6-7-14(12(3)8-13)22-15-10-27(24,25)11-16(15)26-18(22)20-17(23)9-19/h6-8,15-16H,4-5,9-11H2,1-3H3/t15-,16-/m0/s1. The van der Waals surface area contributed by atoms with Crippen molar-refractivity contribution in [2.45, 2.75) is 32.1 Å². The van der Waals surface area contributed by atoms with Gasteiger partial charge in [0, 0.05) is 29.7 Å². The molecule has 1 aromatic rings. The second kappa shape index (κ2) is 8.01. The lowest BCUT2D eigenvalue weighted by molar-refractivity contribution is -0.115. The Labute approximate surface area is 169 Å². The molecule has 2 aliphatic heterocycles. The minimum Gasteiger partial charge on any atom is -0.372 e. The highest BCUT2D eigenvalue weighted by atomic mass is 35.5. The highest BCUT2D eigenvalue weighted by molar-refractivity contribution is 8.16. The van der Waals surface area contributed by atoms with Crippen LogP contribution in [-0.2, 0) is 14.6 Å². The van der Waals surface area contributed by atoms with E-state index in [1.165, 1.54) is 11.8 Å². The number of rotatable bonds is 5. The van der Waals surface area contributed by atoms with Crippen LogP contribution >= 0.6 is 23.4 Å². The van der Waals surface area contributed by atoms with E-state index >= 15 is 0 Å². The summed E-state index contributed by atoms with van der Waals surface area (Å²) < 4.78 is 24.3. The first-order valence-corrected chi connectivity index (χ1v) is 12.2. The molecule has 0 aromatic heterocycles. The van der Waals surface area contributed by atoms with Crippen molar-refractivity contribution in [2.24, 2.45) is 4.99 Å². The fraction of sp³-hybridized carbons (Fsp3) is 0.556. The smallest absolute Gasteiger partial charge is 0.262 e. The average molecular weight is 430 g/mol. The Kier molecular flexibility index (Phi) is 6.08. The number of hydrogen-bond donors (Lipinski definition) is 0. The van der Waals surface area contributed by atoms with Gasteiger partial charge in [0.1, 0.15) is 5.88 Å². The maximum Gasteiger partial charge on any atom is 0.262 e. The molecular weight excluding hydrogens is 406 g/mol. The Morgan fingerprint density at radius 1 is 1.33 bits per heavy atom. The number of fused-ring (bicyclic) bond motifs is 1. The second-order valence-corrected chi connectivity index (χ2v) is 10.4. The van der Waals surface area contributed by atoms with Gasteiger partial charge in [0.15, 0.2) is 15.0 Å². The number of benzene rings is 1. The first kappa shape index (κ1) is 20.5. The number of sulfone groups is 1. The average Bonchev–Trinajstić information content (AvgIpc) is 3.07. The number of alkyl halides is 1. The summed E-state index contributed by atoms with van der Waals surface area (Å²) in [6.07, 6.45) is 0. The van der Waals surface area contributed by atoms with Crippen LogP contribution in [0.2, 0.25) is 0 Å². The molecule has 2 heterocycles. The molecule has 9 heteroatoms. The van der Waals surface area contributed by atoms with Crippen molar-refractivity contribution in [2.75, 3.05) is 40.3 Å². The van der Waals surface area contributed by atoms with Gasteiger partial charge in [-0.25, -0.2) is 8.42 Å². The van der Waals surface area contributed by atoms with Gasteiger partial charge < -0.3 is 9.80 Å². The molecule has 6 nitrogen and oxygen atoms in total. The summed E-state index contributed by atoms with van der Waals surface area (Å²) in [4.78, 5) is 20.1. The zero-order chi connectivity index (χ0) is 19.8. The number of amidine groups is 1. The first-order chi connectivity index (χ1) is 12.8. The van der Waals surface area contributed by atoms with Crippen LogP contribution in [0.1, 0.15) is 19.4 Å². The summed E-state index contributed by atoms with van der Waals surface area (Å²) in [6.45, 7) is 8.05. The van der Waals surface area contributed by atoms with E-state index in [2.05, 4.69) is 29.8 Å². The number of nitrogens with zero attached hydrogens (tertiary/aromatic N) is 3. The van der Waals surface area contributed by atoms with Crippen LogP contribution in [0.25, 0.3) is 0 Å². The number of carbonyl (C=O) groups is 1. The van der Waals surface area contributed by atoms with Gasteiger partial charge in [-0.1, -0.05) is 11.8 Å². The lowest BCUT2D eigenvalue weighted by Crippen LogP contribution is -2.38. The van der Waals surface area contributed by atoms with Crippen LogP contribution in [-0.4, -0.2) is 61.3 Å². The Hall–Kier alpha value is -1.25. The van der Waals surface area contributed by atoms with Crippen LogP contribution in [0.4, 0.5) is 11.4 Å². The molecule has 0 bridgehead atoms. The number of amides is 1. The van der Waals surface area contributed by atoms with E-state index in [1.807, 2.05) is 24.0 Å². The Morgan fingerprint density at radius 3 is 2.63 bits per heavy atom. The molecule has 1 aromatic carbocycles. The number of halogens is 1. The fourth-order valence-electron chi connectivity index (χ4n) is 3.68. The van der Waals surface area contributed by atoms with Gasteiger partial charge in [0.05, 0.1) is 17.5 Å². The van der Waals surface area contributed by atoms with Gasteiger partial charge in [-0.15, -0.1) is 11.6 Å². The lowest BCUT2D eigenvalue weighted by Gasteiger charge is -2.28. The highest BCUT2D eigenvalue weighted by Gasteiger charge is 2.49. The molecule has 0 radical (unpaired) electrons. The monoisotopic (exact) mass is 429 g/mol. The molecule has 2 aliphatic rings. The van der Waals surface area contributed by atoms with E-state index < -0.39 is 15.7 Å². The van der Waals surface area contributed by atoms with Crippen LogP contribution in [0, 0.1) is 6.92 Å². The zero-order valence-electron chi connectivity index (χ0n) is 15.7. The molecule has 0 aliphatic carbocycles. The maximum absolute atomic E-state index is 12.1. The largest absolute Gasteiger partial charge is 0.372 e. The van der Waals surface area contributed by atoms with Crippen LogP contribution < -0.4 is 9.80 Å². The SMILES string of the molecule is CCN(CC)c1ccc(N2C(=NC(=O)CCl)S[C@H]3CS(=O)(=O)C[C@@H]32)c(C)c1. The summed E-state index contributed by atoms with van der Waals surface area (Å²) >= 11 is 6.99. The van der Waals surface area contributed by atoms with E-state index in [9.17, 15) is 13.2 Å². The molecular formula is C18H24ClN3O3S2. The van der Waals surface area contributed by atoms with Gasteiger partial charge in [-0.05, 0) is 44.5 Å². The highest BCUT2D eigenvalue weighted by Crippen LogP contribution is 2.42. The number of hydrogen-bond acceptors (Lipinski definition) is 5. The molecule has 2 atom stereocenters. The number of thioether (sulfide) groups is 1. The van der Waals surface area contributed by atoms with E-state index in [0.29, 0.717) is 5.17 Å². The quantitative estimate of drug-likeness (QED) is 0.670. The van der Waals surface area contributed by atoms with Gasteiger partial charge >= 0.3 is 0 Å². The van der Waals surface area contributed by atoms with Gasteiger partial charge in [-0.2, -0.15) is 4.99 Å². The Morgan fingerprint density at radius 2 is 2.04 bits per heavy atom. The summed E-state index contributed by atoms with van der Waals surface area (Å²) in [5, 5.41) is 0.433. The normalized spacial score (nSPS) is 25.0. The second-order valence-electron chi connectivity index (χ2n) is 6.74. The third-order valence-electron chi connectivity index (χ3n) is 4.97. The number of aliphatic imine (C=N–C) groups is 1. The third kappa shape index (κ3) is 4.12. The zero-order valence-corrected chi connectivity index (χ0v) is 18.1. The first-order valence-electron chi connectivity index (χ1n) is 8.99. The lowest BCUT2D eigenvalue weighted by atomic mass is 10.1. The van der Waals surface area contributed by atoms with Gasteiger partial charge in [0.25, 0.3) is 5.91 Å². The third-order valence-corrected chi connectivity index (χ3v) is 8.41. The van der Waals surface area contributed by atoms with E-state index in [-0.39, 0.29) is 28.7 Å². The number of aryl methyl sites for hydroxylation is 1. The molecule has 2 fully saturated rings. The number of carbonyl (C=O) groups excluding carboxylic acids is 1. The predicted molar refractivity (Wildman–Crippen MR) is 114 cm³/mol. The van der Waals surface area contributed by atoms with E-state index in [1.54, 1.807) is 0 Å². The van der Waals surface area contributed by atoms with Crippen molar-refractivity contribution in [3.8, 4) is 0 Å². The van der Waals surface area contributed by atoms with E-state index in [4.69, 9.17) is 11.6 Å². The van der Waals surface area contributed by atoms with Gasteiger partial charge in [0.2, 0.25) is 0 Å². The molecule has 1 amide bonds. The molecule has 3 rings (SSSR count). The van der Waals surface area contributed by atoms with Crippen molar-refractivity contribution in [3.05, 3.63) is 23.8 Å².